The first-order valence-corrected chi connectivity index (χ1v) is 10.6. The average molecular weight is 391 g/mol. The van der Waals surface area contributed by atoms with Gasteiger partial charge in [-0.25, -0.2) is 22.1 Å². The highest BCUT2D eigenvalue weighted by Gasteiger charge is 2.36. The van der Waals surface area contributed by atoms with E-state index in [4.69, 9.17) is 0 Å². The van der Waals surface area contributed by atoms with Gasteiger partial charge in [0.1, 0.15) is 11.1 Å². The van der Waals surface area contributed by atoms with E-state index in [-0.39, 0.29) is 11.7 Å². The standard InChI is InChI=1S/C18H22FN5O2S/c19-15-3-1-2-14(8-15)18-12-20-11-17(23-18)13-4-6-24(7-5-13)27(25,26)16-9-21-22-10-16/h1-3,8,11-13,16,21-22H,4-7,9-10H2. The van der Waals surface area contributed by atoms with E-state index in [0.717, 1.165) is 5.69 Å². The molecular weight excluding hydrogens is 369 g/mol. The van der Waals surface area contributed by atoms with Gasteiger partial charge in [-0.15, -0.1) is 0 Å². The minimum Gasteiger partial charge on any atom is -0.261 e. The Morgan fingerprint density at radius 1 is 1.11 bits per heavy atom. The maximum Gasteiger partial charge on any atom is 0.219 e. The summed E-state index contributed by atoms with van der Waals surface area (Å²) in [7, 11) is -3.29. The fraction of sp³-hybridized carbons (Fsp3) is 0.444. The first-order valence-electron chi connectivity index (χ1n) is 9.06. The quantitative estimate of drug-likeness (QED) is 0.816. The molecule has 0 saturated carbocycles. The molecule has 0 radical (unpaired) electrons. The molecule has 1 aromatic carbocycles. The monoisotopic (exact) mass is 391 g/mol. The Kier molecular flexibility index (Phi) is 5.18. The van der Waals surface area contributed by atoms with Crippen LogP contribution in [0, 0.1) is 5.82 Å². The van der Waals surface area contributed by atoms with Crippen LogP contribution in [0.25, 0.3) is 11.3 Å². The molecule has 0 spiro atoms. The normalized spacial score (nSPS) is 20.2. The molecule has 3 heterocycles. The van der Waals surface area contributed by atoms with E-state index in [9.17, 15) is 12.8 Å². The van der Waals surface area contributed by atoms with E-state index in [1.54, 1.807) is 28.8 Å². The van der Waals surface area contributed by atoms with Crippen LogP contribution in [0.15, 0.2) is 36.7 Å². The lowest BCUT2D eigenvalue weighted by molar-refractivity contribution is 0.314. The van der Waals surface area contributed by atoms with Gasteiger partial charge in [0, 0.05) is 43.9 Å². The van der Waals surface area contributed by atoms with Gasteiger partial charge in [0.25, 0.3) is 0 Å². The second-order valence-electron chi connectivity index (χ2n) is 6.94. The summed E-state index contributed by atoms with van der Waals surface area (Å²) in [6.07, 6.45) is 4.75. The van der Waals surface area contributed by atoms with Crippen molar-refractivity contribution in [3.05, 3.63) is 48.2 Å². The molecule has 2 fully saturated rings. The highest BCUT2D eigenvalue weighted by molar-refractivity contribution is 7.89. The molecule has 0 atom stereocenters. The first kappa shape index (κ1) is 18.4. The van der Waals surface area contributed by atoms with Gasteiger partial charge < -0.3 is 0 Å². The van der Waals surface area contributed by atoms with Gasteiger partial charge >= 0.3 is 0 Å². The molecule has 0 unspecified atom stereocenters. The summed E-state index contributed by atoms with van der Waals surface area (Å²) in [5.41, 5.74) is 7.90. The zero-order chi connectivity index (χ0) is 18.9. The molecule has 0 bridgehead atoms. The van der Waals surface area contributed by atoms with Crippen molar-refractivity contribution in [3.63, 3.8) is 0 Å². The molecule has 2 N–H and O–H groups in total. The first-order chi connectivity index (χ1) is 13.0. The van der Waals surface area contributed by atoms with Crippen LogP contribution < -0.4 is 10.9 Å². The lowest BCUT2D eigenvalue weighted by atomic mass is 9.95. The number of nitrogens with one attached hydrogen (secondary N) is 2. The average Bonchev–Trinajstić information content (AvgIpc) is 3.24. The van der Waals surface area contributed by atoms with Crippen molar-refractivity contribution < 1.29 is 12.8 Å². The van der Waals surface area contributed by atoms with Crippen molar-refractivity contribution in [1.82, 2.24) is 25.1 Å². The van der Waals surface area contributed by atoms with Crippen LogP contribution in [0.2, 0.25) is 0 Å². The maximum atomic E-state index is 13.5. The number of piperidine rings is 1. The van der Waals surface area contributed by atoms with Crippen LogP contribution in [-0.4, -0.2) is 54.1 Å². The van der Waals surface area contributed by atoms with Gasteiger partial charge in [0.05, 0.1) is 17.6 Å². The fourth-order valence-corrected chi connectivity index (χ4v) is 5.37. The molecule has 0 aliphatic carbocycles. The number of aromatic nitrogens is 2. The predicted molar refractivity (Wildman–Crippen MR) is 99.7 cm³/mol. The minimum atomic E-state index is -3.29. The van der Waals surface area contributed by atoms with Gasteiger partial charge in [0.15, 0.2) is 0 Å². The van der Waals surface area contributed by atoms with E-state index in [2.05, 4.69) is 20.8 Å². The molecule has 2 aromatic rings. The molecule has 144 valence electrons. The molecular formula is C18H22FN5O2S. The third-order valence-electron chi connectivity index (χ3n) is 5.21. The van der Waals surface area contributed by atoms with Crippen LogP contribution in [0.5, 0.6) is 0 Å². The molecule has 7 nitrogen and oxygen atoms in total. The number of nitrogens with zero attached hydrogens (tertiary/aromatic N) is 3. The zero-order valence-electron chi connectivity index (χ0n) is 14.8. The fourth-order valence-electron chi connectivity index (χ4n) is 3.64. The van der Waals surface area contributed by atoms with Gasteiger partial charge in [-0.3, -0.25) is 15.8 Å². The number of rotatable bonds is 4. The van der Waals surface area contributed by atoms with Crippen molar-refractivity contribution in [2.45, 2.75) is 24.0 Å². The van der Waals surface area contributed by atoms with E-state index in [1.807, 2.05) is 0 Å². The van der Waals surface area contributed by atoms with Crippen LogP contribution >= 0.6 is 0 Å². The minimum absolute atomic E-state index is 0.150. The molecule has 9 heteroatoms. The molecule has 0 amide bonds. The topological polar surface area (TPSA) is 87.2 Å². The Morgan fingerprint density at radius 2 is 1.85 bits per heavy atom. The van der Waals surface area contributed by atoms with Gasteiger partial charge in [-0.05, 0) is 25.0 Å². The van der Waals surface area contributed by atoms with Crippen LogP contribution in [0.3, 0.4) is 0 Å². The van der Waals surface area contributed by atoms with Crippen LogP contribution in [-0.2, 0) is 10.0 Å². The molecule has 2 saturated heterocycles. The Balaban J connectivity index is 1.46. The summed E-state index contributed by atoms with van der Waals surface area (Å²) in [4.78, 5) is 8.92. The van der Waals surface area contributed by atoms with Crippen molar-refractivity contribution in [1.29, 1.82) is 0 Å². The number of hydrogen-bond acceptors (Lipinski definition) is 6. The van der Waals surface area contributed by atoms with Crippen LogP contribution in [0.1, 0.15) is 24.5 Å². The Bertz CT molecular complexity index is 909. The van der Waals surface area contributed by atoms with Crippen molar-refractivity contribution >= 4 is 10.0 Å². The highest BCUT2D eigenvalue weighted by Crippen LogP contribution is 2.30. The Hall–Kier alpha value is -1.94. The number of benzene rings is 1. The molecule has 1 aromatic heterocycles. The van der Waals surface area contributed by atoms with Crippen molar-refractivity contribution in [2.75, 3.05) is 26.2 Å². The summed E-state index contributed by atoms with van der Waals surface area (Å²) in [6.45, 7) is 1.83. The van der Waals surface area contributed by atoms with E-state index in [1.165, 1.54) is 12.1 Å². The lowest BCUT2D eigenvalue weighted by Gasteiger charge is -2.32. The SMILES string of the molecule is O=S(=O)(C1CNNC1)N1CCC(c2cncc(-c3cccc(F)c3)n2)CC1. The van der Waals surface area contributed by atoms with Gasteiger partial charge in [-0.1, -0.05) is 12.1 Å². The highest BCUT2D eigenvalue weighted by atomic mass is 32.2. The molecule has 2 aliphatic heterocycles. The molecule has 4 rings (SSSR count). The maximum absolute atomic E-state index is 13.5. The zero-order valence-corrected chi connectivity index (χ0v) is 15.6. The number of hydrazine groups is 1. The Morgan fingerprint density at radius 3 is 2.56 bits per heavy atom. The summed E-state index contributed by atoms with van der Waals surface area (Å²) in [6, 6.07) is 6.28. The Labute approximate surface area is 158 Å². The van der Waals surface area contributed by atoms with Crippen molar-refractivity contribution in [2.24, 2.45) is 0 Å². The number of sulfonamides is 1. The third kappa shape index (κ3) is 3.86. The number of hydrogen-bond donors (Lipinski definition) is 2. The number of halogens is 1. The van der Waals surface area contributed by atoms with E-state index < -0.39 is 15.3 Å². The van der Waals surface area contributed by atoms with Crippen LogP contribution in [0.4, 0.5) is 4.39 Å². The second kappa shape index (κ2) is 7.59. The summed E-state index contributed by atoms with van der Waals surface area (Å²) < 4.78 is 40.4. The van der Waals surface area contributed by atoms with Gasteiger partial charge in [0.2, 0.25) is 10.0 Å². The lowest BCUT2D eigenvalue weighted by Crippen LogP contribution is -2.44. The summed E-state index contributed by atoms with van der Waals surface area (Å²) >= 11 is 0. The molecule has 2 aliphatic rings. The van der Waals surface area contributed by atoms with Gasteiger partial charge in [-0.2, -0.15) is 0 Å². The summed E-state index contributed by atoms with van der Waals surface area (Å²) in [5.74, 6) is -0.161. The third-order valence-corrected chi connectivity index (χ3v) is 7.47. The van der Waals surface area contributed by atoms with E-state index in [0.29, 0.717) is 50.3 Å². The summed E-state index contributed by atoms with van der Waals surface area (Å²) in [5, 5.41) is -0.412. The van der Waals surface area contributed by atoms with Crippen molar-refractivity contribution in [3.8, 4) is 11.3 Å². The molecule has 27 heavy (non-hydrogen) atoms. The predicted octanol–water partition coefficient (Wildman–Crippen LogP) is 1.27. The second-order valence-corrected chi connectivity index (χ2v) is 9.15. The van der Waals surface area contributed by atoms with E-state index >= 15 is 0 Å². The largest absolute Gasteiger partial charge is 0.261 e. The smallest absolute Gasteiger partial charge is 0.219 e.